The summed E-state index contributed by atoms with van der Waals surface area (Å²) in [6, 6.07) is 4.05. The van der Waals surface area contributed by atoms with Crippen molar-refractivity contribution in [1.82, 2.24) is 4.90 Å². The Balaban J connectivity index is 1.42. The molecule has 0 unspecified atom stereocenters. The number of hydrogen-bond acceptors (Lipinski definition) is 3. The molecule has 5 nitrogen and oxygen atoms in total. The minimum absolute atomic E-state index is 0.0397. The van der Waals surface area contributed by atoms with E-state index in [1.165, 1.54) is 4.90 Å². The van der Waals surface area contributed by atoms with E-state index in [1.54, 1.807) is 0 Å². The third kappa shape index (κ3) is 3.19. The van der Waals surface area contributed by atoms with Gasteiger partial charge in [-0.15, -0.1) is 0 Å². The monoisotopic (exact) mass is 446 g/mol. The molecule has 4 rings (SSSR count). The van der Waals surface area contributed by atoms with Crippen molar-refractivity contribution in [3.05, 3.63) is 27.7 Å². The zero-order valence-corrected chi connectivity index (χ0v) is 18.0. The van der Waals surface area contributed by atoms with E-state index in [-0.39, 0.29) is 42.5 Å². The van der Waals surface area contributed by atoms with E-state index >= 15 is 0 Å². The first-order valence-corrected chi connectivity index (χ1v) is 11.2. The van der Waals surface area contributed by atoms with Gasteiger partial charge in [0, 0.05) is 23.1 Å². The minimum atomic E-state index is -0.146. The molecule has 2 saturated carbocycles. The summed E-state index contributed by atoms with van der Waals surface area (Å²) in [7, 11) is 0. The van der Waals surface area contributed by atoms with Gasteiger partial charge in [0.15, 0.2) is 0 Å². The molecule has 3 fully saturated rings. The van der Waals surface area contributed by atoms with E-state index in [0.717, 1.165) is 53.4 Å². The number of carbonyl (C=O) groups excluding carboxylic acids is 3. The van der Waals surface area contributed by atoms with Crippen molar-refractivity contribution in [3.8, 4) is 0 Å². The number of aryl methyl sites for hydroxylation is 2. The van der Waals surface area contributed by atoms with Crippen LogP contribution in [0.4, 0.5) is 5.69 Å². The first kappa shape index (κ1) is 19.6. The Labute approximate surface area is 174 Å². The van der Waals surface area contributed by atoms with E-state index < -0.39 is 0 Å². The maximum atomic E-state index is 12.8. The van der Waals surface area contributed by atoms with Crippen molar-refractivity contribution in [2.45, 2.75) is 52.4 Å². The van der Waals surface area contributed by atoms with Crippen LogP contribution in [0, 0.1) is 23.7 Å². The third-order valence-corrected chi connectivity index (χ3v) is 7.33. The van der Waals surface area contributed by atoms with Crippen molar-refractivity contribution in [2.24, 2.45) is 23.7 Å². The van der Waals surface area contributed by atoms with Gasteiger partial charge in [-0.25, -0.2) is 0 Å². The Morgan fingerprint density at radius 3 is 2.11 bits per heavy atom. The van der Waals surface area contributed by atoms with Gasteiger partial charge in [-0.05, 0) is 67.2 Å². The van der Waals surface area contributed by atoms with Crippen LogP contribution in [-0.4, -0.2) is 29.2 Å². The Bertz CT molecular complexity index is 784. The zero-order chi connectivity index (χ0) is 20.0. The van der Waals surface area contributed by atoms with Crippen LogP contribution < -0.4 is 5.32 Å². The molecule has 6 heteroatoms. The van der Waals surface area contributed by atoms with Gasteiger partial charge >= 0.3 is 0 Å². The lowest BCUT2D eigenvalue weighted by Gasteiger charge is -2.19. The van der Waals surface area contributed by atoms with Gasteiger partial charge < -0.3 is 5.32 Å². The van der Waals surface area contributed by atoms with Gasteiger partial charge in [0.2, 0.25) is 17.7 Å². The molecule has 1 aliphatic heterocycles. The predicted molar refractivity (Wildman–Crippen MR) is 111 cm³/mol. The topological polar surface area (TPSA) is 66.5 Å². The average molecular weight is 447 g/mol. The molecule has 1 N–H and O–H groups in total. The van der Waals surface area contributed by atoms with Gasteiger partial charge in [-0.2, -0.15) is 0 Å². The van der Waals surface area contributed by atoms with Crippen LogP contribution in [0.3, 0.4) is 0 Å². The normalized spacial score (nSPS) is 28.2. The molecule has 0 spiro atoms. The van der Waals surface area contributed by atoms with Gasteiger partial charge in [0.1, 0.15) is 0 Å². The minimum Gasteiger partial charge on any atom is -0.326 e. The molecule has 1 aromatic rings. The van der Waals surface area contributed by atoms with Crippen LogP contribution >= 0.6 is 15.9 Å². The summed E-state index contributed by atoms with van der Waals surface area (Å²) >= 11 is 3.53. The second kappa shape index (κ2) is 7.62. The van der Waals surface area contributed by atoms with Gasteiger partial charge in [0.05, 0.1) is 11.8 Å². The number of imide groups is 1. The van der Waals surface area contributed by atoms with E-state index in [1.807, 2.05) is 12.1 Å². The molecule has 2 bridgehead atoms. The fraction of sp³-hybridized carbons (Fsp3) is 0.591. The lowest BCUT2D eigenvalue weighted by Crippen LogP contribution is -2.35. The van der Waals surface area contributed by atoms with Crippen molar-refractivity contribution < 1.29 is 14.4 Å². The first-order valence-electron chi connectivity index (χ1n) is 10.4. The number of halogens is 1. The van der Waals surface area contributed by atoms with Crippen LogP contribution in [-0.2, 0) is 27.2 Å². The quantitative estimate of drug-likeness (QED) is 0.672. The predicted octanol–water partition coefficient (Wildman–Crippen LogP) is 3.93. The average Bonchev–Trinajstić information content (AvgIpc) is 3.35. The lowest BCUT2D eigenvalue weighted by molar-refractivity contribution is -0.140. The second-order valence-electron chi connectivity index (χ2n) is 8.32. The summed E-state index contributed by atoms with van der Waals surface area (Å²) < 4.78 is 1.01. The van der Waals surface area contributed by atoms with Crippen molar-refractivity contribution in [1.29, 1.82) is 0 Å². The fourth-order valence-corrected chi connectivity index (χ4v) is 6.10. The fourth-order valence-electron chi connectivity index (χ4n) is 5.55. The van der Waals surface area contributed by atoms with Crippen LogP contribution in [0.15, 0.2) is 16.6 Å². The summed E-state index contributed by atoms with van der Waals surface area (Å²) in [5, 5.41) is 3.03. The van der Waals surface area contributed by atoms with E-state index in [4.69, 9.17) is 0 Å². The lowest BCUT2D eigenvalue weighted by atomic mass is 9.81. The Morgan fingerprint density at radius 2 is 1.61 bits per heavy atom. The number of nitrogens with one attached hydrogen (secondary N) is 1. The standard InChI is InChI=1S/C22H27BrN2O3/c1-3-12-10-16(23)11-13(4-2)20(12)24-17(26)7-8-25-21(27)18-14-5-6-15(9-14)19(18)22(25)28/h10-11,14-15,18-19H,3-9H2,1-2H3,(H,24,26)/t14-,15+,18-,19+. The molecule has 0 radical (unpaired) electrons. The number of benzene rings is 1. The van der Waals surface area contributed by atoms with E-state index in [9.17, 15) is 14.4 Å². The number of nitrogens with zero attached hydrogens (tertiary/aromatic N) is 1. The van der Waals surface area contributed by atoms with Gasteiger partial charge in [0.25, 0.3) is 0 Å². The van der Waals surface area contributed by atoms with E-state index in [0.29, 0.717) is 11.8 Å². The van der Waals surface area contributed by atoms with E-state index in [2.05, 4.69) is 35.1 Å². The summed E-state index contributed by atoms with van der Waals surface area (Å²) in [6.07, 6.45) is 4.96. The molecule has 3 aliphatic rings. The summed E-state index contributed by atoms with van der Waals surface area (Å²) in [4.78, 5) is 39.5. The Morgan fingerprint density at radius 1 is 1.07 bits per heavy atom. The molecular formula is C22H27BrN2O3. The highest BCUT2D eigenvalue weighted by Crippen LogP contribution is 2.56. The van der Waals surface area contributed by atoms with Crippen LogP contribution in [0.5, 0.6) is 0 Å². The first-order chi connectivity index (χ1) is 13.4. The van der Waals surface area contributed by atoms with Crippen molar-refractivity contribution >= 4 is 39.3 Å². The summed E-state index contributed by atoms with van der Waals surface area (Å²) in [5.41, 5.74) is 3.03. The number of carbonyl (C=O) groups is 3. The Hall–Kier alpha value is -1.69. The van der Waals surface area contributed by atoms with Crippen LogP contribution in [0.1, 0.15) is 50.7 Å². The number of anilines is 1. The summed E-state index contributed by atoms with van der Waals surface area (Å²) in [5.74, 6) is 0.314. The van der Waals surface area contributed by atoms with Crippen molar-refractivity contribution in [3.63, 3.8) is 0 Å². The molecule has 28 heavy (non-hydrogen) atoms. The molecule has 1 aromatic carbocycles. The molecular weight excluding hydrogens is 420 g/mol. The zero-order valence-electron chi connectivity index (χ0n) is 16.5. The molecule has 2 aliphatic carbocycles. The second-order valence-corrected chi connectivity index (χ2v) is 9.23. The number of rotatable bonds is 6. The smallest absolute Gasteiger partial charge is 0.233 e. The highest BCUT2D eigenvalue weighted by atomic mass is 79.9. The third-order valence-electron chi connectivity index (χ3n) is 6.87. The number of fused-ring (bicyclic) bond motifs is 5. The molecule has 4 atom stereocenters. The highest BCUT2D eigenvalue weighted by Gasteiger charge is 2.60. The largest absolute Gasteiger partial charge is 0.326 e. The highest BCUT2D eigenvalue weighted by molar-refractivity contribution is 9.10. The van der Waals surface area contributed by atoms with Crippen molar-refractivity contribution in [2.75, 3.05) is 11.9 Å². The van der Waals surface area contributed by atoms with Crippen LogP contribution in [0.25, 0.3) is 0 Å². The molecule has 1 heterocycles. The van der Waals surface area contributed by atoms with Gasteiger partial charge in [-0.1, -0.05) is 29.8 Å². The molecule has 3 amide bonds. The molecule has 0 aromatic heterocycles. The Kier molecular flexibility index (Phi) is 5.34. The maximum absolute atomic E-state index is 12.8. The van der Waals surface area contributed by atoms with Crippen LogP contribution in [0.2, 0.25) is 0 Å². The molecule has 1 saturated heterocycles. The number of hydrogen-bond donors (Lipinski definition) is 1. The summed E-state index contributed by atoms with van der Waals surface area (Å²) in [6.45, 7) is 4.31. The SMILES string of the molecule is CCc1cc(Br)cc(CC)c1NC(=O)CCN1C(=O)[C@@H]2[C@@H]3CC[C@@H](C3)[C@@H]2C1=O. The number of likely N-dealkylation sites (tertiary alicyclic amines) is 1. The maximum Gasteiger partial charge on any atom is 0.233 e. The number of amides is 3. The molecule has 150 valence electrons. The van der Waals surface area contributed by atoms with Gasteiger partial charge in [-0.3, -0.25) is 19.3 Å².